The van der Waals surface area contributed by atoms with E-state index < -0.39 is 5.51 Å². The second-order valence-electron chi connectivity index (χ2n) is 4.41. The lowest BCUT2D eigenvalue weighted by Gasteiger charge is -2.08. The quantitative estimate of drug-likeness (QED) is 0.538. The third kappa shape index (κ3) is 3.92. The van der Waals surface area contributed by atoms with E-state index in [1.165, 1.54) is 11.3 Å². The van der Waals surface area contributed by atoms with E-state index >= 15 is 0 Å². The predicted molar refractivity (Wildman–Crippen MR) is 83.9 cm³/mol. The van der Waals surface area contributed by atoms with Gasteiger partial charge in [-0.1, -0.05) is 45.9 Å². The highest BCUT2D eigenvalue weighted by Crippen LogP contribution is 2.46. The number of fused-ring (bicyclic) bond motifs is 1. The van der Waals surface area contributed by atoms with Crippen molar-refractivity contribution < 1.29 is 13.2 Å². The second kappa shape index (κ2) is 6.85. The lowest BCUT2D eigenvalue weighted by molar-refractivity contribution is -0.0327. The fourth-order valence-corrected chi connectivity index (χ4v) is 4.11. The molecule has 0 spiro atoms. The first-order valence-corrected chi connectivity index (χ1v) is 8.20. The van der Waals surface area contributed by atoms with E-state index in [1.807, 2.05) is 26.0 Å². The third-order valence-corrected chi connectivity index (χ3v) is 4.97. The maximum Gasteiger partial charge on any atom is 0.446 e. The monoisotopic (exact) mass is 320 g/mol. The van der Waals surface area contributed by atoms with E-state index in [-0.39, 0.29) is 11.8 Å². The van der Waals surface area contributed by atoms with Crippen molar-refractivity contribution in [3.63, 3.8) is 0 Å². The number of hydrogen-bond donors (Lipinski definition) is 0. The molecule has 2 rings (SSSR count). The van der Waals surface area contributed by atoms with E-state index in [0.717, 1.165) is 20.5 Å². The molecule has 0 aliphatic carbocycles. The maximum atomic E-state index is 12.6. The van der Waals surface area contributed by atoms with E-state index in [9.17, 15) is 13.2 Å². The Morgan fingerprint density at radius 1 is 1.15 bits per heavy atom. The van der Waals surface area contributed by atoms with Crippen molar-refractivity contribution in [2.24, 2.45) is 0 Å². The van der Waals surface area contributed by atoms with Gasteiger partial charge in [0.05, 0.1) is 0 Å². The van der Waals surface area contributed by atoms with Gasteiger partial charge in [0.15, 0.2) is 0 Å². The first-order chi connectivity index (χ1) is 9.29. The fraction of sp³-hybridized carbons (Fsp3) is 0.467. The average Bonchev–Trinajstić information content (AvgIpc) is 2.66. The third-order valence-electron chi connectivity index (χ3n) is 2.70. The van der Waals surface area contributed by atoms with Crippen molar-refractivity contribution in [3.8, 4) is 0 Å². The number of aryl methyl sites for hydroxylation is 1. The lowest BCUT2D eigenvalue weighted by atomic mass is 10.0. The molecule has 2 aromatic rings. The minimum atomic E-state index is -4.23. The zero-order valence-electron chi connectivity index (χ0n) is 12.3. The van der Waals surface area contributed by atoms with Crippen LogP contribution in [-0.4, -0.2) is 5.51 Å². The number of benzene rings is 1. The molecule has 5 heteroatoms. The Morgan fingerprint density at radius 3 is 2.25 bits per heavy atom. The molecule has 0 nitrogen and oxygen atoms in total. The standard InChI is InChI=1S/C13H13F3S2.C2H6/c1-7(2)9-5-4-6-10-11(18-13(14,15)16)8(3)17-12(9)10;1-2/h4-7H,1-3H3;1-2H3. The van der Waals surface area contributed by atoms with Crippen LogP contribution in [0.3, 0.4) is 0 Å². The zero-order valence-corrected chi connectivity index (χ0v) is 13.9. The van der Waals surface area contributed by atoms with E-state index in [4.69, 9.17) is 0 Å². The summed E-state index contributed by atoms with van der Waals surface area (Å²) in [7, 11) is 0. The Morgan fingerprint density at radius 2 is 1.75 bits per heavy atom. The summed E-state index contributed by atoms with van der Waals surface area (Å²) in [5.41, 5.74) is -3.11. The first kappa shape index (κ1) is 17.4. The van der Waals surface area contributed by atoms with Gasteiger partial charge in [-0.2, -0.15) is 13.2 Å². The topological polar surface area (TPSA) is 0 Å². The predicted octanol–water partition coefficient (Wildman–Crippen LogP) is 6.97. The molecule has 0 aliphatic rings. The summed E-state index contributed by atoms with van der Waals surface area (Å²) in [6.45, 7) is 9.86. The normalized spacial score (nSPS) is 11.7. The summed E-state index contributed by atoms with van der Waals surface area (Å²) in [6, 6.07) is 5.61. The minimum absolute atomic E-state index is 0.00565. The molecule has 1 aromatic carbocycles. The highest BCUT2D eigenvalue weighted by Gasteiger charge is 2.32. The van der Waals surface area contributed by atoms with Crippen LogP contribution in [0.2, 0.25) is 0 Å². The van der Waals surface area contributed by atoms with E-state index in [2.05, 4.69) is 13.8 Å². The number of hydrogen-bond acceptors (Lipinski definition) is 2. The van der Waals surface area contributed by atoms with Gasteiger partial charge in [-0.25, -0.2) is 0 Å². The highest BCUT2D eigenvalue weighted by atomic mass is 32.2. The van der Waals surface area contributed by atoms with Crippen LogP contribution < -0.4 is 0 Å². The second-order valence-corrected chi connectivity index (χ2v) is 6.71. The average molecular weight is 320 g/mol. The molecular weight excluding hydrogens is 301 g/mol. The van der Waals surface area contributed by atoms with Crippen molar-refractivity contribution in [2.45, 2.75) is 50.9 Å². The SMILES string of the molecule is CC.Cc1sc2c(C(C)C)cccc2c1SC(F)(F)F. The molecule has 0 amide bonds. The van der Waals surface area contributed by atoms with Gasteiger partial charge < -0.3 is 0 Å². The van der Waals surface area contributed by atoms with Crippen LogP contribution in [0.1, 0.15) is 44.1 Å². The van der Waals surface area contributed by atoms with Gasteiger partial charge in [-0.05, 0) is 30.2 Å². The Kier molecular flexibility index (Phi) is 5.95. The summed E-state index contributed by atoms with van der Waals surface area (Å²) in [5.74, 6) is 0.315. The lowest BCUT2D eigenvalue weighted by Crippen LogP contribution is -1.99. The summed E-state index contributed by atoms with van der Waals surface area (Å²) in [6.07, 6.45) is 0. The van der Waals surface area contributed by atoms with Crippen LogP contribution in [0, 0.1) is 6.92 Å². The van der Waals surface area contributed by atoms with Gasteiger partial charge in [0, 0.05) is 19.9 Å². The van der Waals surface area contributed by atoms with Crippen LogP contribution in [-0.2, 0) is 0 Å². The van der Waals surface area contributed by atoms with Crippen molar-refractivity contribution in [3.05, 3.63) is 28.6 Å². The molecular formula is C15H19F3S2. The summed E-state index contributed by atoms with van der Waals surface area (Å²) < 4.78 is 38.6. The van der Waals surface area contributed by atoms with Crippen molar-refractivity contribution in [2.75, 3.05) is 0 Å². The fourth-order valence-electron chi connectivity index (χ4n) is 1.93. The van der Waals surface area contributed by atoms with Crippen molar-refractivity contribution >= 4 is 33.2 Å². The number of halogens is 3. The summed E-state index contributed by atoms with van der Waals surface area (Å²) in [5, 5.41) is 0.728. The van der Waals surface area contributed by atoms with Crippen LogP contribution in [0.5, 0.6) is 0 Å². The van der Waals surface area contributed by atoms with Crippen LogP contribution in [0.25, 0.3) is 10.1 Å². The molecule has 0 unspecified atom stereocenters. The van der Waals surface area contributed by atoms with E-state index in [1.54, 1.807) is 13.0 Å². The number of alkyl halides is 3. The molecule has 0 saturated heterocycles. The van der Waals surface area contributed by atoms with Crippen LogP contribution in [0.4, 0.5) is 13.2 Å². The molecule has 0 bridgehead atoms. The molecule has 0 aliphatic heterocycles. The van der Waals surface area contributed by atoms with Gasteiger partial charge in [0.25, 0.3) is 0 Å². The largest absolute Gasteiger partial charge is 0.446 e. The number of thiophene rings is 1. The zero-order chi connectivity index (χ0) is 15.5. The molecule has 0 N–H and O–H groups in total. The van der Waals surface area contributed by atoms with Gasteiger partial charge in [0.2, 0.25) is 0 Å². The summed E-state index contributed by atoms with van der Waals surface area (Å²) >= 11 is 1.45. The Balaban J connectivity index is 0.000000956. The van der Waals surface area contributed by atoms with Gasteiger partial charge in [-0.15, -0.1) is 11.3 Å². The Labute approximate surface area is 126 Å². The number of thioether (sulfide) groups is 1. The molecule has 0 saturated carbocycles. The van der Waals surface area contributed by atoms with Gasteiger partial charge in [0.1, 0.15) is 0 Å². The van der Waals surface area contributed by atoms with Crippen LogP contribution >= 0.6 is 23.1 Å². The number of rotatable bonds is 2. The molecule has 0 radical (unpaired) electrons. The maximum absolute atomic E-state index is 12.6. The van der Waals surface area contributed by atoms with Gasteiger partial charge in [-0.3, -0.25) is 0 Å². The summed E-state index contributed by atoms with van der Waals surface area (Å²) in [4.78, 5) is 1.09. The molecule has 0 fully saturated rings. The molecule has 112 valence electrons. The molecule has 20 heavy (non-hydrogen) atoms. The van der Waals surface area contributed by atoms with Crippen molar-refractivity contribution in [1.29, 1.82) is 0 Å². The molecule has 1 aromatic heterocycles. The smallest absolute Gasteiger partial charge is 0.160 e. The highest BCUT2D eigenvalue weighted by molar-refractivity contribution is 8.00. The minimum Gasteiger partial charge on any atom is -0.160 e. The Hall–Kier alpha value is -0.680. The van der Waals surface area contributed by atoms with Crippen molar-refractivity contribution in [1.82, 2.24) is 0 Å². The first-order valence-electron chi connectivity index (χ1n) is 6.57. The Bertz CT molecular complexity index is 568. The van der Waals surface area contributed by atoms with E-state index in [0.29, 0.717) is 10.8 Å². The van der Waals surface area contributed by atoms with Crippen LogP contribution in [0.15, 0.2) is 23.1 Å². The molecule has 0 atom stereocenters. The molecule has 1 heterocycles. The van der Waals surface area contributed by atoms with Gasteiger partial charge >= 0.3 is 5.51 Å².